The van der Waals surface area contributed by atoms with E-state index in [9.17, 15) is 4.79 Å². The first-order chi connectivity index (χ1) is 14.1. The number of thioether (sulfide) groups is 1. The summed E-state index contributed by atoms with van der Waals surface area (Å²) in [6.45, 7) is 4.67. The number of amides is 1. The number of hydrogen-bond donors (Lipinski definition) is 3. The Bertz CT molecular complexity index is 941. The highest BCUT2D eigenvalue weighted by Crippen LogP contribution is 2.27. The van der Waals surface area contributed by atoms with Crippen molar-refractivity contribution >= 4 is 29.3 Å². The number of benzene rings is 2. The molecule has 0 saturated heterocycles. The Kier molecular flexibility index (Phi) is 7.09. The van der Waals surface area contributed by atoms with Gasteiger partial charge in [0.1, 0.15) is 5.75 Å². The van der Waals surface area contributed by atoms with E-state index < -0.39 is 0 Å². The van der Waals surface area contributed by atoms with Crippen LogP contribution in [0.25, 0.3) is 5.69 Å². The molecule has 0 radical (unpaired) electrons. The van der Waals surface area contributed by atoms with Gasteiger partial charge in [0.15, 0.2) is 5.16 Å². The molecule has 152 valence electrons. The quantitative estimate of drug-likeness (QED) is 0.215. The molecule has 0 fully saturated rings. The third-order valence-electron chi connectivity index (χ3n) is 4.15. The molecule has 0 atom stereocenters. The van der Waals surface area contributed by atoms with Crippen LogP contribution in [0.1, 0.15) is 19.4 Å². The molecular formula is C20H24N6O2S. The van der Waals surface area contributed by atoms with Crippen LogP contribution in [0.4, 0.5) is 11.6 Å². The molecule has 0 aliphatic carbocycles. The second kappa shape index (κ2) is 9.94. The summed E-state index contributed by atoms with van der Waals surface area (Å²) in [4.78, 5) is 11.6. The van der Waals surface area contributed by atoms with E-state index in [0.717, 1.165) is 23.5 Å². The van der Waals surface area contributed by atoms with Crippen molar-refractivity contribution in [2.75, 3.05) is 17.7 Å². The third kappa shape index (κ3) is 5.27. The van der Waals surface area contributed by atoms with Gasteiger partial charge in [-0.1, -0.05) is 30.8 Å². The number of aryl methyl sites for hydroxylation is 1. The van der Waals surface area contributed by atoms with Gasteiger partial charge in [0.2, 0.25) is 11.9 Å². The Balaban J connectivity index is 1.90. The van der Waals surface area contributed by atoms with Crippen LogP contribution >= 0.6 is 11.8 Å². The first-order valence-electron chi connectivity index (χ1n) is 9.31. The fraction of sp³-hybridized carbons (Fsp3) is 0.250. The summed E-state index contributed by atoms with van der Waals surface area (Å²) >= 11 is 1.26. The van der Waals surface area contributed by atoms with Crippen molar-refractivity contribution in [3.63, 3.8) is 0 Å². The zero-order valence-corrected chi connectivity index (χ0v) is 17.2. The van der Waals surface area contributed by atoms with Crippen molar-refractivity contribution in [2.45, 2.75) is 25.4 Å². The van der Waals surface area contributed by atoms with E-state index in [1.165, 1.54) is 17.3 Å². The Hall–Kier alpha value is -3.04. The summed E-state index contributed by atoms with van der Waals surface area (Å²) in [6, 6.07) is 15.8. The summed E-state index contributed by atoms with van der Waals surface area (Å²) in [7, 11) is 0. The third-order valence-corrected chi connectivity index (χ3v) is 5.08. The smallest absolute Gasteiger partial charge is 0.244 e. The molecular weight excluding hydrogens is 388 g/mol. The van der Waals surface area contributed by atoms with E-state index in [4.69, 9.17) is 10.6 Å². The number of anilines is 2. The predicted octanol–water partition coefficient (Wildman–Crippen LogP) is 3.05. The lowest BCUT2D eigenvalue weighted by Gasteiger charge is -2.12. The fourth-order valence-corrected chi connectivity index (χ4v) is 3.42. The monoisotopic (exact) mass is 412 g/mol. The van der Waals surface area contributed by atoms with E-state index in [1.807, 2.05) is 47.9 Å². The topological polar surface area (TPSA) is 107 Å². The average molecular weight is 413 g/mol. The number of nitrogens with one attached hydrogen (secondary N) is 2. The Morgan fingerprint density at radius 1 is 1.10 bits per heavy atom. The van der Waals surface area contributed by atoms with E-state index in [1.54, 1.807) is 0 Å². The van der Waals surface area contributed by atoms with Crippen LogP contribution in [0, 0.1) is 0 Å². The van der Waals surface area contributed by atoms with Gasteiger partial charge >= 0.3 is 0 Å². The first-order valence-corrected chi connectivity index (χ1v) is 10.3. The maximum atomic E-state index is 11.6. The van der Waals surface area contributed by atoms with E-state index in [-0.39, 0.29) is 11.7 Å². The highest BCUT2D eigenvalue weighted by atomic mass is 32.2. The number of hydrogen-bond acceptors (Lipinski definition) is 7. The zero-order valence-electron chi connectivity index (χ0n) is 16.4. The molecule has 0 aliphatic heterocycles. The molecule has 3 aromatic rings. The molecule has 2 aromatic carbocycles. The lowest BCUT2D eigenvalue weighted by atomic mass is 10.1. The van der Waals surface area contributed by atoms with Crippen LogP contribution in [0.5, 0.6) is 5.75 Å². The number of hydrazine groups is 1. The molecule has 1 amide bonds. The summed E-state index contributed by atoms with van der Waals surface area (Å²) in [5.41, 5.74) is 5.11. The van der Waals surface area contributed by atoms with Gasteiger partial charge in [-0.05, 0) is 55.3 Å². The van der Waals surface area contributed by atoms with Crippen molar-refractivity contribution in [2.24, 2.45) is 5.84 Å². The molecule has 4 N–H and O–H groups in total. The molecule has 0 spiro atoms. The van der Waals surface area contributed by atoms with Crippen LogP contribution in [0.15, 0.2) is 53.7 Å². The van der Waals surface area contributed by atoms with E-state index in [0.29, 0.717) is 17.7 Å². The van der Waals surface area contributed by atoms with Crippen LogP contribution < -0.4 is 21.3 Å². The molecule has 0 aliphatic rings. The van der Waals surface area contributed by atoms with Crippen LogP contribution in [0.3, 0.4) is 0 Å². The Morgan fingerprint density at radius 2 is 1.83 bits per heavy atom. The largest absolute Gasteiger partial charge is 0.494 e. The lowest BCUT2D eigenvalue weighted by Crippen LogP contribution is -2.31. The van der Waals surface area contributed by atoms with Crippen molar-refractivity contribution in [3.05, 3.63) is 54.1 Å². The second-order valence-electron chi connectivity index (χ2n) is 6.10. The molecule has 9 heteroatoms. The van der Waals surface area contributed by atoms with Crippen molar-refractivity contribution in [1.82, 2.24) is 20.2 Å². The number of ether oxygens (including phenoxy) is 1. The number of carbonyl (C=O) groups excluding carboxylic acids is 1. The van der Waals surface area contributed by atoms with Gasteiger partial charge in [0.25, 0.3) is 0 Å². The normalized spacial score (nSPS) is 10.6. The molecule has 1 aromatic heterocycles. The number of rotatable bonds is 9. The van der Waals surface area contributed by atoms with Gasteiger partial charge in [0.05, 0.1) is 18.0 Å². The summed E-state index contributed by atoms with van der Waals surface area (Å²) in [5.74, 6) is 6.39. The number of aromatic nitrogens is 3. The molecule has 0 bridgehead atoms. The van der Waals surface area contributed by atoms with Crippen molar-refractivity contribution < 1.29 is 9.53 Å². The molecule has 0 unspecified atom stereocenters. The standard InChI is InChI=1S/C20H24N6O2S/c1-3-14-5-9-16(10-6-14)26-19(24-25-20(26)29-13-18(27)23-21)22-15-7-11-17(12-8-15)28-4-2/h5-12H,3-4,13,21H2,1-2H3,(H,22,24)(H,23,27). The lowest BCUT2D eigenvalue weighted by molar-refractivity contribution is -0.118. The highest BCUT2D eigenvalue weighted by molar-refractivity contribution is 7.99. The second-order valence-corrected chi connectivity index (χ2v) is 7.04. The summed E-state index contributed by atoms with van der Waals surface area (Å²) in [6.07, 6.45) is 0.956. The van der Waals surface area contributed by atoms with E-state index >= 15 is 0 Å². The van der Waals surface area contributed by atoms with Gasteiger partial charge in [-0.3, -0.25) is 14.8 Å². The molecule has 29 heavy (non-hydrogen) atoms. The highest BCUT2D eigenvalue weighted by Gasteiger charge is 2.16. The SMILES string of the molecule is CCOc1ccc(Nc2nnc(SCC(=O)NN)n2-c2ccc(CC)cc2)cc1. The molecule has 0 saturated carbocycles. The van der Waals surface area contributed by atoms with Gasteiger partial charge < -0.3 is 10.1 Å². The molecule has 1 heterocycles. The fourth-order valence-electron chi connectivity index (χ4n) is 2.66. The van der Waals surface area contributed by atoms with Crippen LogP contribution in [-0.4, -0.2) is 33.0 Å². The van der Waals surface area contributed by atoms with Gasteiger partial charge in [-0.25, -0.2) is 5.84 Å². The van der Waals surface area contributed by atoms with Crippen molar-refractivity contribution in [3.8, 4) is 11.4 Å². The number of carbonyl (C=O) groups is 1. The minimum Gasteiger partial charge on any atom is -0.494 e. The first kappa shape index (κ1) is 20.7. The number of nitrogens with zero attached hydrogens (tertiary/aromatic N) is 3. The van der Waals surface area contributed by atoms with Gasteiger partial charge in [-0.2, -0.15) is 0 Å². The summed E-state index contributed by atoms with van der Waals surface area (Å²) < 4.78 is 7.36. The Labute approximate surface area is 173 Å². The van der Waals surface area contributed by atoms with E-state index in [2.05, 4.69) is 40.0 Å². The summed E-state index contributed by atoms with van der Waals surface area (Å²) in [5, 5.41) is 12.4. The van der Waals surface area contributed by atoms with Gasteiger partial charge in [-0.15, -0.1) is 10.2 Å². The number of nitrogens with two attached hydrogens (primary N) is 1. The maximum Gasteiger partial charge on any atom is 0.244 e. The Morgan fingerprint density at radius 3 is 2.45 bits per heavy atom. The molecule has 8 nitrogen and oxygen atoms in total. The zero-order chi connectivity index (χ0) is 20.6. The van der Waals surface area contributed by atoms with Crippen LogP contribution in [0.2, 0.25) is 0 Å². The van der Waals surface area contributed by atoms with Gasteiger partial charge in [0, 0.05) is 5.69 Å². The van der Waals surface area contributed by atoms with Crippen molar-refractivity contribution in [1.29, 1.82) is 0 Å². The molecule has 3 rings (SSSR count). The maximum absolute atomic E-state index is 11.6. The van der Waals surface area contributed by atoms with Crippen LogP contribution in [-0.2, 0) is 11.2 Å². The minimum atomic E-state index is -0.285. The average Bonchev–Trinajstić information content (AvgIpc) is 3.16. The minimum absolute atomic E-state index is 0.144. The predicted molar refractivity (Wildman–Crippen MR) is 115 cm³/mol.